The first kappa shape index (κ1) is 29.4. The van der Waals surface area contributed by atoms with Crippen LogP contribution in [0.25, 0.3) is 11.0 Å². The van der Waals surface area contributed by atoms with Gasteiger partial charge in [0.1, 0.15) is 23.5 Å². The SMILES string of the molecule is CCOC(=O)c1c(OCc2ccccc2)c2ncc(Cc3ccc(F)cc3)c3c2n(c1=O)CC(C=O)O3.CNNC. The molecule has 0 saturated carbocycles. The summed E-state index contributed by atoms with van der Waals surface area (Å²) in [6.45, 7) is 1.68. The molecule has 2 aromatic heterocycles. The summed E-state index contributed by atoms with van der Waals surface area (Å²) < 4.78 is 31.9. The fourth-order valence-electron chi connectivity index (χ4n) is 4.34. The predicted octanol–water partition coefficient (Wildman–Crippen LogP) is 3.18. The van der Waals surface area contributed by atoms with E-state index in [1.807, 2.05) is 44.4 Å². The van der Waals surface area contributed by atoms with Gasteiger partial charge in [0.25, 0.3) is 5.56 Å². The lowest BCUT2D eigenvalue weighted by Gasteiger charge is -2.27. The number of halogens is 1. The van der Waals surface area contributed by atoms with Gasteiger partial charge in [0.2, 0.25) is 0 Å². The van der Waals surface area contributed by atoms with Gasteiger partial charge in [0, 0.05) is 18.2 Å². The van der Waals surface area contributed by atoms with Crippen molar-refractivity contribution in [1.29, 1.82) is 0 Å². The average molecular weight is 563 g/mol. The smallest absolute Gasteiger partial charge is 0.347 e. The van der Waals surface area contributed by atoms with Crippen LogP contribution in [0.1, 0.15) is 34.0 Å². The molecule has 2 aromatic carbocycles. The highest BCUT2D eigenvalue weighted by Gasteiger charge is 2.33. The highest BCUT2D eigenvalue weighted by molar-refractivity contribution is 6.00. The Bertz CT molecular complexity index is 1570. The molecule has 5 rings (SSSR count). The molecule has 3 heterocycles. The number of carbonyl (C=O) groups excluding carboxylic acids is 2. The highest BCUT2D eigenvalue weighted by Crippen LogP contribution is 2.38. The molecule has 1 unspecified atom stereocenters. The zero-order valence-electron chi connectivity index (χ0n) is 23.0. The van der Waals surface area contributed by atoms with Crippen molar-refractivity contribution in [1.82, 2.24) is 20.4 Å². The number of carbonyl (C=O) groups is 2. The topological polar surface area (TPSA) is 121 Å². The third-order valence-corrected chi connectivity index (χ3v) is 6.30. The fourth-order valence-corrected chi connectivity index (χ4v) is 4.34. The van der Waals surface area contributed by atoms with Crippen LogP contribution >= 0.6 is 0 Å². The van der Waals surface area contributed by atoms with Gasteiger partial charge >= 0.3 is 5.97 Å². The van der Waals surface area contributed by atoms with Crippen molar-refractivity contribution in [3.05, 3.63) is 99.2 Å². The molecule has 0 radical (unpaired) electrons. The van der Waals surface area contributed by atoms with Crippen LogP contribution in [0.5, 0.6) is 11.5 Å². The number of hydrogen-bond acceptors (Lipinski definition) is 9. The van der Waals surface area contributed by atoms with E-state index in [0.29, 0.717) is 23.8 Å². The molecule has 4 aromatic rings. The average Bonchev–Trinajstić information content (AvgIpc) is 3.00. The predicted molar refractivity (Wildman–Crippen MR) is 151 cm³/mol. The van der Waals surface area contributed by atoms with Crippen LogP contribution in [0.15, 0.2) is 65.6 Å². The summed E-state index contributed by atoms with van der Waals surface area (Å²) in [7, 11) is 3.64. The second-order valence-electron chi connectivity index (χ2n) is 9.02. The molecule has 0 aliphatic carbocycles. The van der Waals surface area contributed by atoms with Crippen LogP contribution in [-0.4, -0.2) is 48.6 Å². The number of hydrogen-bond donors (Lipinski definition) is 2. The quantitative estimate of drug-likeness (QED) is 0.180. The summed E-state index contributed by atoms with van der Waals surface area (Å²) in [5.41, 5.74) is 7.17. The monoisotopic (exact) mass is 562 g/mol. The molecule has 2 N–H and O–H groups in total. The van der Waals surface area contributed by atoms with Crippen LogP contribution in [-0.2, 0) is 29.1 Å². The van der Waals surface area contributed by atoms with E-state index < -0.39 is 17.6 Å². The Morgan fingerprint density at radius 2 is 1.83 bits per heavy atom. The zero-order chi connectivity index (χ0) is 29.4. The van der Waals surface area contributed by atoms with E-state index in [2.05, 4.69) is 15.8 Å². The van der Waals surface area contributed by atoms with Crippen LogP contribution in [0.3, 0.4) is 0 Å². The summed E-state index contributed by atoms with van der Waals surface area (Å²) in [5.74, 6) is -0.926. The number of hydrazine groups is 1. The summed E-state index contributed by atoms with van der Waals surface area (Å²) in [6.07, 6.45) is 1.52. The van der Waals surface area contributed by atoms with Crippen LogP contribution in [0, 0.1) is 5.82 Å². The van der Waals surface area contributed by atoms with Crippen molar-refractivity contribution in [3.8, 4) is 11.5 Å². The van der Waals surface area contributed by atoms with Crippen LogP contribution < -0.4 is 25.9 Å². The van der Waals surface area contributed by atoms with Gasteiger partial charge in [-0.2, -0.15) is 0 Å². The van der Waals surface area contributed by atoms with E-state index in [1.165, 1.54) is 16.7 Å². The number of aromatic nitrogens is 2. The highest BCUT2D eigenvalue weighted by atomic mass is 19.1. The molecule has 41 heavy (non-hydrogen) atoms. The standard InChI is InChI=1S/C28H23FN2O6.C2H8N2/c1-2-35-28(34)22-26(36-16-18-6-4-3-5-7-18)23-24-25(37-21(15-32)14-31(24)27(22)33)19(13-30-23)12-17-8-10-20(29)11-9-17;1-3-4-2/h3-11,13,15,21H,2,12,14,16H2,1H3;3-4H,1-2H3. The largest absolute Gasteiger partial charge is 0.485 e. The normalized spacial score (nSPS) is 13.5. The minimum absolute atomic E-state index is 0.0127. The molecule has 10 nitrogen and oxygen atoms in total. The lowest BCUT2D eigenvalue weighted by molar-refractivity contribution is -0.114. The Labute approximate surface area is 236 Å². The van der Waals surface area contributed by atoms with E-state index in [0.717, 1.165) is 11.1 Å². The Balaban J connectivity index is 0.000000909. The van der Waals surface area contributed by atoms with E-state index in [1.54, 1.807) is 25.3 Å². The molecule has 0 spiro atoms. The van der Waals surface area contributed by atoms with Crippen molar-refractivity contribution in [2.24, 2.45) is 0 Å². The minimum Gasteiger partial charge on any atom is -0.485 e. The van der Waals surface area contributed by atoms with Gasteiger partial charge in [-0.25, -0.2) is 9.18 Å². The lowest BCUT2D eigenvalue weighted by atomic mass is 10.0. The molecular weight excluding hydrogens is 531 g/mol. The van der Waals surface area contributed by atoms with Crippen molar-refractivity contribution in [2.45, 2.75) is 32.6 Å². The molecule has 1 aliphatic rings. The first-order chi connectivity index (χ1) is 19.9. The number of ether oxygens (including phenoxy) is 3. The summed E-state index contributed by atoms with van der Waals surface area (Å²) >= 11 is 0. The van der Waals surface area contributed by atoms with Crippen molar-refractivity contribution in [3.63, 3.8) is 0 Å². The van der Waals surface area contributed by atoms with E-state index in [-0.39, 0.29) is 48.2 Å². The number of pyridine rings is 2. The lowest BCUT2D eigenvalue weighted by Crippen LogP contribution is -2.38. The van der Waals surface area contributed by atoms with Crippen molar-refractivity contribution >= 4 is 23.3 Å². The summed E-state index contributed by atoms with van der Waals surface area (Å²) in [6, 6.07) is 15.3. The summed E-state index contributed by atoms with van der Waals surface area (Å²) in [5, 5.41) is 0. The first-order valence-corrected chi connectivity index (χ1v) is 13.0. The number of aldehydes is 1. The number of rotatable bonds is 9. The molecule has 1 atom stereocenters. The van der Waals surface area contributed by atoms with Crippen molar-refractivity contribution in [2.75, 3.05) is 20.7 Å². The number of nitrogens with zero attached hydrogens (tertiary/aromatic N) is 2. The molecule has 11 heteroatoms. The molecular formula is C30H31FN4O6. The molecule has 0 amide bonds. The molecule has 0 fully saturated rings. The molecule has 0 saturated heterocycles. The van der Waals surface area contributed by atoms with Gasteiger partial charge in [-0.15, -0.1) is 0 Å². The van der Waals surface area contributed by atoms with Crippen LogP contribution in [0.4, 0.5) is 4.39 Å². The molecule has 214 valence electrons. The van der Waals surface area contributed by atoms with Gasteiger partial charge < -0.3 is 14.2 Å². The maximum atomic E-state index is 13.7. The second kappa shape index (κ2) is 13.6. The fraction of sp³-hybridized carbons (Fsp3) is 0.267. The number of benzene rings is 2. The summed E-state index contributed by atoms with van der Waals surface area (Å²) in [4.78, 5) is 42.9. The maximum Gasteiger partial charge on any atom is 0.347 e. The van der Waals surface area contributed by atoms with E-state index >= 15 is 0 Å². The number of esters is 1. The zero-order valence-corrected chi connectivity index (χ0v) is 23.0. The Kier molecular flexibility index (Phi) is 9.77. The van der Waals surface area contributed by atoms with Gasteiger partial charge in [-0.3, -0.25) is 30.0 Å². The van der Waals surface area contributed by atoms with Gasteiger partial charge in [0.15, 0.2) is 29.5 Å². The van der Waals surface area contributed by atoms with Crippen molar-refractivity contribution < 1.29 is 28.2 Å². The Morgan fingerprint density at radius 3 is 2.46 bits per heavy atom. The van der Waals surface area contributed by atoms with Gasteiger partial charge in [-0.05, 0) is 44.3 Å². The third-order valence-electron chi connectivity index (χ3n) is 6.30. The maximum absolute atomic E-state index is 13.7. The Morgan fingerprint density at radius 1 is 1.12 bits per heavy atom. The first-order valence-electron chi connectivity index (χ1n) is 13.0. The minimum atomic E-state index is -0.950. The number of nitrogens with one attached hydrogen (secondary N) is 2. The third kappa shape index (κ3) is 6.59. The second-order valence-corrected chi connectivity index (χ2v) is 9.02. The molecule has 0 bridgehead atoms. The Hall–Kier alpha value is -4.61. The van der Waals surface area contributed by atoms with Gasteiger partial charge in [-0.1, -0.05) is 42.5 Å². The van der Waals surface area contributed by atoms with Gasteiger partial charge in [0.05, 0.1) is 13.2 Å². The van der Waals surface area contributed by atoms with E-state index in [4.69, 9.17) is 14.2 Å². The molecule has 1 aliphatic heterocycles. The van der Waals surface area contributed by atoms with E-state index in [9.17, 15) is 18.8 Å². The van der Waals surface area contributed by atoms with Crippen LogP contribution in [0.2, 0.25) is 0 Å².